The number of esters is 1. The van der Waals surface area contributed by atoms with Gasteiger partial charge in [-0.15, -0.1) is 0 Å². The average molecular weight is 205 g/mol. The first-order chi connectivity index (χ1) is 7.13. The summed E-state index contributed by atoms with van der Waals surface area (Å²) in [5.74, 6) is -0.587. The lowest BCUT2D eigenvalue weighted by atomic mass is 10.0. The van der Waals surface area contributed by atoms with Crippen LogP contribution in [-0.2, 0) is 11.2 Å². The molecule has 4 heteroatoms. The van der Waals surface area contributed by atoms with Crippen LogP contribution in [0.4, 0.5) is 0 Å². The Balaban J connectivity index is 3.40. The Labute approximate surface area is 87.7 Å². The van der Waals surface area contributed by atoms with Crippen molar-refractivity contribution in [2.45, 2.75) is 13.3 Å². The predicted molar refractivity (Wildman–Crippen MR) is 53.5 cm³/mol. The third-order valence-corrected chi connectivity index (χ3v) is 2.11. The van der Waals surface area contributed by atoms with E-state index < -0.39 is 5.97 Å². The second-order valence-corrected chi connectivity index (χ2v) is 2.98. The summed E-state index contributed by atoms with van der Waals surface area (Å²) in [5.41, 5.74) is 0.988. The number of hydrogen-bond donors (Lipinski definition) is 1. The van der Waals surface area contributed by atoms with E-state index in [1.54, 1.807) is 0 Å². The zero-order chi connectivity index (χ0) is 11.4. The van der Waals surface area contributed by atoms with Gasteiger partial charge >= 0.3 is 5.97 Å². The smallest absolute Gasteiger partial charge is 0.338 e. The summed E-state index contributed by atoms with van der Waals surface area (Å²) in [6.07, 6.45) is 0.502. The van der Waals surface area contributed by atoms with Gasteiger partial charge in [-0.3, -0.25) is 0 Å². The van der Waals surface area contributed by atoms with E-state index in [0.717, 1.165) is 0 Å². The molecule has 0 spiro atoms. The summed E-state index contributed by atoms with van der Waals surface area (Å²) in [7, 11) is 1.26. The molecule has 0 fully saturated rings. The molecular formula is C11H11NO3. The highest BCUT2D eigenvalue weighted by atomic mass is 16.5. The largest absolute Gasteiger partial charge is 0.508 e. The predicted octanol–water partition coefficient (Wildman–Crippen LogP) is 1.61. The second kappa shape index (κ2) is 4.47. The minimum absolute atomic E-state index is 0.0445. The van der Waals surface area contributed by atoms with Crippen LogP contribution in [0.1, 0.15) is 28.4 Å². The summed E-state index contributed by atoms with van der Waals surface area (Å²) in [4.78, 5) is 11.4. The average Bonchev–Trinajstić information content (AvgIpc) is 2.26. The number of aromatic hydroxyl groups is 1. The van der Waals surface area contributed by atoms with Crippen molar-refractivity contribution in [2.24, 2.45) is 0 Å². The lowest BCUT2D eigenvalue weighted by Gasteiger charge is -2.08. The number of benzene rings is 1. The van der Waals surface area contributed by atoms with Crippen LogP contribution >= 0.6 is 0 Å². The fourth-order valence-electron chi connectivity index (χ4n) is 1.38. The van der Waals surface area contributed by atoms with Gasteiger partial charge in [-0.2, -0.15) is 5.26 Å². The number of nitriles is 1. The zero-order valence-electron chi connectivity index (χ0n) is 8.57. The summed E-state index contributed by atoms with van der Waals surface area (Å²) >= 11 is 0. The molecule has 1 aromatic rings. The fraction of sp³-hybridized carbons (Fsp3) is 0.273. The number of nitrogens with zero attached hydrogens (tertiary/aromatic N) is 1. The number of phenolic OH excluding ortho intramolecular Hbond substituents is 1. The topological polar surface area (TPSA) is 70.3 Å². The Hall–Kier alpha value is -2.02. The normalized spacial score (nSPS) is 9.40. The van der Waals surface area contributed by atoms with Crippen molar-refractivity contribution in [3.05, 3.63) is 28.8 Å². The Morgan fingerprint density at radius 1 is 1.60 bits per heavy atom. The van der Waals surface area contributed by atoms with E-state index in [9.17, 15) is 9.90 Å². The Morgan fingerprint density at radius 2 is 2.27 bits per heavy atom. The zero-order valence-corrected chi connectivity index (χ0v) is 8.57. The highest BCUT2D eigenvalue weighted by Gasteiger charge is 2.15. The van der Waals surface area contributed by atoms with Gasteiger partial charge in [0.1, 0.15) is 5.75 Å². The van der Waals surface area contributed by atoms with Crippen LogP contribution in [0.3, 0.4) is 0 Å². The van der Waals surface area contributed by atoms with Crippen molar-refractivity contribution >= 4 is 5.97 Å². The number of methoxy groups -OCH3 is 1. The molecule has 4 nitrogen and oxygen atoms in total. The van der Waals surface area contributed by atoms with Gasteiger partial charge in [-0.1, -0.05) is 6.92 Å². The van der Waals surface area contributed by atoms with Crippen molar-refractivity contribution in [3.63, 3.8) is 0 Å². The first-order valence-corrected chi connectivity index (χ1v) is 4.48. The standard InChI is InChI=1S/C11H11NO3/c1-3-8-9(11(14)15-2)4-7(6-12)5-10(8)13/h4-5,13H,3H2,1-2H3. The molecule has 0 saturated heterocycles. The van der Waals surface area contributed by atoms with Gasteiger partial charge in [0, 0.05) is 5.56 Å². The lowest BCUT2D eigenvalue weighted by Crippen LogP contribution is -2.06. The van der Waals surface area contributed by atoms with Crippen LogP contribution in [0.25, 0.3) is 0 Å². The lowest BCUT2D eigenvalue weighted by molar-refractivity contribution is 0.0599. The van der Waals surface area contributed by atoms with Gasteiger partial charge in [-0.25, -0.2) is 4.79 Å². The van der Waals surface area contributed by atoms with E-state index in [1.807, 2.05) is 13.0 Å². The molecule has 0 radical (unpaired) electrons. The van der Waals surface area contributed by atoms with Crippen LogP contribution in [-0.4, -0.2) is 18.2 Å². The minimum atomic E-state index is -0.542. The van der Waals surface area contributed by atoms with E-state index in [2.05, 4.69) is 4.74 Å². The molecule has 0 aliphatic heterocycles. The number of ether oxygens (including phenoxy) is 1. The molecule has 78 valence electrons. The molecule has 0 aliphatic carbocycles. The first kappa shape index (κ1) is 11.1. The number of hydrogen-bond acceptors (Lipinski definition) is 4. The van der Waals surface area contributed by atoms with Crippen molar-refractivity contribution in [1.29, 1.82) is 5.26 Å². The van der Waals surface area contributed by atoms with E-state index in [1.165, 1.54) is 19.2 Å². The highest BCUT2D eigenvalue weighted by molar-refractivity contribution is 5.92. The maximum atomic E-state index is 11.4. The second-order valence-electron chi connectivity index (χ2n) is 2.98. The van der Waals surface area contributed by atoms with Gasteiger partial charge in [-0.05, 0) is 18.6 Å². The number of carbonyl (C=O) groups excluding carboxylic acids is 1. The quantitative estimate of drug-likeness (QED) is 0.744. The number of rotatable bonds is 2. The molecular weight excluding hydrogens is 194 g/mol. The Morgan fingerprint density at radius 3 is 2.73 bits per heavy atom. The van der Waals surface area contributed by atoms with Crippen LogP contribution in [0, 0.1) is 11.3 Å². The molecule has 15 heavy (non-hydrogen) atoms. The summed E-state index contributed by atoms with van der Waals surface area (Å²) in [6, 6.07) is 4.63. The van der Waals surface area contributed by atoms with Crippen molar-refractivity contribution in [1.82, 2.24) is 0 Å². The number of carbonyl (C=O) groups is 1. The Kier molecular flexibility index (Phi) is 3.29. The molecule has 1 N–H and O–H groups in total. The van der Waals surface area contributed by atoms with E-state index in [4.69, 9.17) is 5.26 Å². The third kappa shape index (κ3) is 2.08. The molecule has 0 atom stereocenters. The molecule has 0 saturated carbocycles. The van der Waals surface area contributed by atoms with Crippen LogP contribution < -0.4 is 0 Å². The van der Waals surface area contributed by atoms with Crippen LogP contribution in [0.5, 0.6) is 5.75 Å². The summed E-state index contributed by atoms with van der Waals surface area (Å²) < 4.78 is 4.57. The van der Waals surface area contributed by atoms with Gasteiger partial charge < -0.3 is 9.84 Å². The van der Waals surface area contributed by atoms with Crippen LogP contribution in [0.15, 0.2) is 12.1 Å². The molecule has 1 rings (SSSR count). The first-order valence-electron chi connectivity index (χ1n) is 4.48. The van der Waals surface area contributed by atoms with Crippen LogP contribution in [0.2, 0.25) is 0 Å². The summed E-state index contributed by atoms with van der Waals surface area (Å²) in [6.45, 7) is 1.81. The third-order valence-electron chi connectivity index (χ3n) is 2.11. The van der Waals surface area contributed by atoms with Gasteiger partial charge in [0.2, 0.25) is 0 Å². The molecule has 1 aromatic carbocycles. The monoisotopic (exact) mass is 205 g/mol. The van der Waals surface area contributed by atoms with Gasteiger partial charge in [0.05, 0.1) is 24.3 Å². The molecule has 0 aliphatic rings. The number of phenols is 1. The Bertz CT molecular complexity index is 432. The van der Waals surface area contributed by atoms with E-state index in [0.29, 0.717) is 12.0 Å². The maximum absolute atomic E-state index is 11.4. The highest BCUT2D eigenvalue weighted by Crippen LogP contribution is 2.24. The SMILES string of the molecule is CCc1c(O)cc(C#N)cc1C(=O)OC. The van der Waals surface area contributed by atoms with Crippen molar-refractivity contribution < 1.29 is 14.6 Å². The minimum Gasteiger partial charge on any atom is -0.508 e. The molecule has 0 heterocycles. The maximum Gasteiger partial charge on any atom is 0.338 e. The molecule has 0 amide bonds. The molecule has 0 aromatic heterocycles. The van der Waals surface area contributed by atoms with Crippen molar-refractivity contribution in [3.8, 4) is 11.8 Å². The fourth-order valence-corrected chi connectivity index (χ4v) is 1.38. The summed E-state index contributed by atoms with van der Waals surface area (Å²) in [5, 5.41) is 18.3. The van der Waals surface area contributed by atoms with Gasteiger partial charge in [0.25, 0.3) is 0 Å². The molecule has 0 bridgehead atoms. The van der Waals surface area contributed by atoms with E-state index >= 15 is 0 Å². The van der Waals surface area contributed by atoms with Gasteiger partial charge in [0.15, 0.2) is 0 Å². The van der Waals surface area contributed by atoms with E-state index in [-0.39, 0.29) is 16.9 Å². The molecule has 0 unspecified atom stereocenters. The van der Waals surface area contributed by atoms with Crippen molar-refractivity contribution in [2.75, 3.05) is 7.11 Å².